The zero-order chi connectivity index (χ0) is 14.8. The van der Waals surface area contributed by atoms with Gasteiger partial charge >= 0.3 is 12.0 Å². The van der Waals surface area contributed by atoms with Crippen molar-refractivity contribution in [1.29, 1.82) is 0 Å². The van der Waals surface area contributed by atoms with Crippen LogP contribution >= 0.6 is 11.3 Å². The highest BCUT2D eigenvalue weighted by Crippen LogP contribution is 2.40. The predicted octanol–water partition coefficient (Wildman–Crippen LogP) is 2.63. The van der Waals surface area contributed by atoms with Crippen LogP contribution in [0.15, 0.2) is 21.9 Å². The van der Waals surface area contributed by atoms with Crippen LogP contribution in [0.5, 0.6) is 0 Å². The molecule has 2 heterocycles. The molecule has 0 saturated heterocycles. The van der Waals surface area contributed by atoms with Gasteiger partial charge in [0.2, 0.25) is 5.76 Å². The second-order valence-corrected chi connectivity index (χ2v) is 5.59. The summed E-state index contributed by atoms with van der Waals surface area (Å²) in [4.78, 5) is 26.7. The molecule has 1 aliphatic rings. The first kappa shape index (κ1) is 13.6. The molecule has 0 spiro atoms. The van der Waals surface area contributed by atoms with Crippen molar-refractivity contribution in [2.45, 2.75) is 25.3 Å². The van der Waals surface area contributed by atoms with Crippen molar-refractivity contribution in [1.82, 2.24) is 10.3 Å². The number of carbonyl (C=O) groups excluding carboxylic acids is 1. The Morgan fingerprint density at radius 3 is 2.90 bits per heavy atom. The van der Waals surface area contributed by atoms with Crippen LogP contribution in [0.1, 0.15) is 40.8 Å². The molecule has 1 saturated carbocycles. The Morgan fingerprint density at radius 1 is 1.43 bits per heavy atom. The molecule has 0 aromatic carbocycles. The highest BCUT2D eigenvalue weighted by molar-refractivity contribution is 7.13. The van der Waals surface area contributed by atoms with Crippen molar-refractivity contribution in [3.8, 4) is 0 Å². The standard InChI is InChI=1S/C13H13N3O4S/c17-11(18)10-4-3-8(20-10)5-14-12(19)16-13-15-9(6-21-13)7-1-2-7/h3-4,6-7H,1-2,5H2,(H,17,18)(H2,14,15,16,19). The fourth-order valence-electron chi connectivity index (χ4n) is 1.81. The van der Waals surface area contributed by atoms with Gasteiger partial charge in [-0.1, -0.05) is 0 Å². The Labute approximate surface area is 124 Å². The number of aromatic carboxylic acids is 1. The third-order valence-electron chi connectivity index (χ3n) is 3.03. The van der Waals surface area contributed by atoms with Gasteiger partial charge in [0, 0.05) is 11.3 Å². The first-order valence-electron chi connectivity index (χ1n) is 6.44. The van der Waals surface area contributed by atoms with Crippen LogP contribution in [0, 0.1) is 0 Å². The summed E-state index contributed by atoms with van der Waals surface area (Å²) in [7, 11) is 0. The number of thiazole rings is 1. The molecule has 8 heteroatoms. The number of rotatable bonds is 5. The van der Waals surface area contributed by atoms with E-state index in [0.29, 0.717) is 16.8 Å². The number of nitrogens with zero attached hydrogens (tertiary/aromatic N) is 1. The topological polar surface area (TPSA) is 104 Å². The molecule has 2 amide bonds. The van der Waals surface area contributed by atoms with Crippen LogP contribution in [0.4, 0.5) is 9.93 Å². The summed E-state index contributed by atoms with van der Waals surface area (Å²) in [6, 6.07) is 2.46. The van der Waals surface area contributed by atoms with E-state index >= 15 is 0 Å². The molecule has 2 aromatic heterocycles. The third kappa shape index (κ3) is 3.40. The van der Waals surface area contributed by atoms with Crippen LogP contribution in [-0.2, 0) is 6.54 Å². The summed E-state index contributed by atoms with van der Waals surface area (Å²) in [5.41, 5.74) is 1.03. The molecule has 110 valence electrons. The van der Waals surface area contributed by atoms with Crippen molar-refractivity contribution in [3.63, 3.8) is 0 Å². The van der Waals surface area contributed by atoms with Gasteiger partial charge in [0.15, 0.2) is 5.13 Å². The molecular formula is C13H13N3O4S. The predicted molar refractivity (Wildman–Crippen MR) is 75.6 cm³/mol. The fraction of sp³-hybridized carbons (Fsp3) is 0.308. The third-order valence-corrected chi connectivity index (χ3v) is 3.81. The van der Waals surface area contributed by atoms with Crippen LogP contribution in [-0.4, -0.2) is 22.1 Å². The Balaban J connectivity index is 1.49. The number of hydrogen-bond donors (Lipinski definition) is 3. The van der Waals surface area contributed by atoms with Gasteiger partial charge < -0.3 is 14.8 Å². The number of carboxylic acid groups (broad SMARTS) is 1. The van der Waals surface area contributed by atoms with Gasteiger partial charge in [-0.25, -0.2) is 14.6 Å². The molecule has 1 fully saturated rings. The fourth-order valence-corrected chi connectivity index (χ4v) is 2.59. The summed E-state index contributed by atoms with van der Waals surface area (Å²) in [5, 5.41) is 16.5. The maximum Gasteiger partial charge on any atom is 0.371 e. The minimum absolute atomic E-state index is 0.111. The summed E-state index contributed by atoms with van der Waals surface area (Å²) < 4.78 is 5.03. The lowest BCUT2D eigenvalue weighted by Gasteiger charge is -2.03. The SMILES string of the molecule is O=C(NCc1ccc(C(=O)O)o1)Nc1nc(C2CC2)cs1. The summed E-state index contributed by atoms with van der Waals surface area (Å²) >= 11 is 1.39. The van der Waals surface area contributed by atoms with Gasteiger partial charge in [0.25, 0.3) is 0 Å². The van der Waals surface area contributed by atoms with Crippen LogP contribution in [0.25, 0.3) is 0 Å². The van der Waals surface area contributed by atoms with E-state index in [9.17, 15) is 9.59 Å². The van der Waals surface area contributed by atoms with Crippen molar-refractivity contribution < 1.29 is 19.1 Å². The largest absolute Gasteiger partial charge is 0.475 e. The van der Waals surface area contributed by atoms with Gasteiger partial charge in [-0.05, 0) is 25.0 Å². The van der Waals surface area contributed by atoms with Gasteiger partial charge in [-0.2, -0.15) is 0 Å². The molecule has 21 heavy (non-hydrogen) atoms. The minimum atomic E-state index is -1.14. The molecule has 0 atom stereocenters. The Morgan fingerprint density at radius 2 is 2.24 bits per heavy atom. The summed E-state index contributed by atoms with van der Waals surface area (Å²) in [6.07, 6.45) is 2.33. The highest BCUT2D eigenvalue weighted by atomic mass is 32.1. The first-order valence-corrected chi connectivity index (χ1v) is 7.32. The van der Waals surface area contributed by atoms with Crippen LogP contribution < -0.4 is 10.6 Å². The first-order chi connectivity index (χ1) is 10.1. The maximum absolute atomic E-state index is 11.7. The molecule has 7 nitrogen and oxygen atoms in total. The molecule has 2 aromatic rings. The van der Waals surface area contributed by atoms with Crippen LogP contribution in [0.2, 0.25) is 0 Å². The minimum Gasteiger partial charge on any atom is -0.475 e. The molecular weight excluding hydrogens is 294 g/mol. The molecule has 0 aliphatic heterocycles. The van der Waals surface area contributed by atoms with Gasteiger partial charge in [-0.15, -0.1) is 11.3 Å². The average Bonchev–Trinajstić information content (AvgIpc) is 3.00. The number of aromatic nitrogens is 1. The number of nitrogens with one attached hydrogen (secondary N) is 2. The highest BCUT2D eigenvalue weighted by Gasteiger charge is 2.26. The molecule has 0 bridgehead atoms. The molecule has 1 aliphatic carbocycles. The van der Waals surface area contributed by atoms with Gasteiger partial charge in [0.05, 0.1) is 12.2 Å². The average molecular weight is 307 g/mol. The van der Waals surface area contributed by atoms with Crippen molar-refractivity contribution in [2.75, 3.05) is 5.32 Å². The number of anilines is 1. The van der Waals surface area contributed by atoms with Crippen molar-refractivity contribution in [3.05, 3.63) is 34.7 Å². The number of urea groups is 1. The van der Waals surface area contributed by atoms with E-state index in [0.717, 1.165) is 5.69 Å². The lowest BCUT2D eigenvalue weighted by Crippen LogP contribution is -2.27. The van der Waals surface area contributed by atoms with E-state index < -0.39 is 12.0 Å². The monoisotopic (exact) mass is 307 g/mol. The van der Waals surface area contributed by atoms with E-state index in [1.807, 2.05) is 5.38 Å². The number of hydrogen-bond acceptors (Lipinski definition) is 5. The van der Waals surface area contributed by atoms with E-state index in [4.69, 9.17) is 9.52 Å². The van der Waals surface area contributed by atoms with E-state index in [2.05, 4.69) is 15.6 Å². The molecule has 3 rings (SSSR count). The maximum atomic E-state index is 11.7. The lowest BCUT2D eigenvalue weighted by molar-refractivity contribution is 0.0660. The number of carbonyl (C=O) groups is 2. The number of furan rings is 1. The van der Waals surface area contributed by atoms with Crippen molar-refractivity contribution in [2.24, 2.45) is 0 Å². The van der Waals surface area contributed by atoms with Gasteiger partial charge in [-0.3, -0.25) is 5.32 Å². The molecule has 0 radical (unpaired) electrons. The van der Waals surface area contributed by atoms with E-state index in [1.54, 1.807) is 0 Å². The number of amides is 2. The Kier molecular flexibility index (Phi) is 3.61. The van der Waals surface area contributed by atoms with E-state index in [1.165, 1.54) is 36.3 Å². The van der Waals surface area contributed by atoms with Crippen molar-refractivity contribution >= 4 is 28.5 Å². The summed E-state index contributed by atoms with van der Waals surface area (Å²) in [6.45, 7) is 0.111. The van der Waals surface area contributed by atoms with Gasteiger partial charge in [0.1, 0.15) is 5.76 Å². The lowest BCUT2D eigenvalue weighted by atomic mass is 10.3. The quantitative estimate of drug-likeness (QED) is 0.787. The smallest absolute Gasteiger partial charge is 0.371 e. The normalized spacial score (nSPS) is 13.9. The second kappa shape index (κ2) is 5.57. The Hall–Kier alpha value is -2.35. The van der Waals surface area contributed by atoms with Crippen LogP contribution in [0.3, 0.4) is 0 Å². The molecule has 3 N–H and O–H groups in total. The summed E-state index contributed by atoms with van der Waals surface area (Å²) in [5.74, 6) is -0.361. The zero-order valence-corrected chi connectivity index (χ0v) is 11.8. The second-order valence-electron chi connectivity index (χ2n) is 4.73. The molecule has 0 unspecified atom stereocenters. The Bertz CT molecular complexity index is 675. The number of carboxylic acids is 1. The van der Waals surface area contributed by atoms with E-state index in [-0.39, 0.29) is 12.3 Å². The zero-order valence-electron chi connectivity index (χ0n) is 11.0.